The second-order valence-electron chi connectivity index (χ2n) is 7.60. The summed E-state index contributed by atoms with van der Waals surface area (Å²) in [4.78, 5) is 13.0. The Balaban J connectivity index is 1.47. The molecule has 1 N–H and O–H groups in total. The first-order chi connectivity index (χ1) is 15.5. The van der Waals surface area contributed by atoms with E-state index < -0.39 is 10.0 Å². The van der Waals surface area contributed by atoms with Crippen molar-refractivity contribution in [2.24, 2.45) is 0 Å². The minimum absolute atomic E-state index is 0.226. The number of para-hydroxylation sites is 2. The van der Waals surface area contributed by atoms with Gasteiger partial charge in [0.15, 0.2) is 0 Å². The number of sulfonamides is 1. The molecular weight excluding hydrogens is 424 g/mol. The van der Waals surface area contributed by atoms with Crippen LogP contribution in [0.25, 0.3) is 11.1 Å². The lowest BCUT2D eigenvalue weighted by Crippen LogP contribution is -2.27. The van der Waals surface area contributed by atoms with Crippen LogP contribution in [0.2, 0.25) is 0 Å². The second kappa shape index (κ2) is 9.54. The topological polar surface area (TPSA) is 75.7 Å². The fourth-order valence-corrected chi connectivity index (χ4v) is 5.27. The van der Waals surface area contributed by atoms with Crippen molar-refractivity contribution in [3.8, 4) is 16.9 Å². The van der Waals surface area contributed by atoms with Gasteiger partial charge in [0, 0.05) is 18.7 Å². The van der Waals surface area contributed by atoms with Gasteiger partial charge in [-0.2, -0.15) is 4.31 Å². The Labute approximate surface area is 188 Å². The molecule has 7 heteroatoms. The summed E-state index contributed by atoms with van der Waals surface area (Å²) in [6.45, 7) is 3.58. The lowest BCUT2D eigenvalue weighted by molar-refractivity contribution is 0.102. The molecule has 0 aromatic heterocycles. The first kappa shape index (κ1) is 22.0. The van der Waals surface area contributed by atoms with Crippen LogP contribution in [-0.2, 0) is 10.0 Å². The van der Waals surface area contributed by atoms with E-state index in [1.54, 1.807) is 46.8 Å². The number of nitrogens with one attached hydrogen (secondary N) is 1. The Morgan fingerprint density at radius 1 is 0.906 bits per heavy atom. The van der Waals surface area contributed by atoms with Crippen LogP contribution in [-0.4, -0.2) is 38.3 Å². The number of amides is 1. The van der Waals surface area contributed by atoms with E-state index in [1.807, 2.05) is 37.3 Å². The van der Waals surface area contributed by atoms with Gasteiger partial charge in [0.2, 0.25) is 10.0 Å². The molecule has 6 nitrogen and oxygen atoms in total. The third kappa shape index (κ3) is 4.69. The molecule has 32 heavy (non-hydrogen) atoms. The molecule has 166 valence electrons. The van der Waals surface area contributed by atoms with Crippen molar-refractivity contribution in [3.05, 3.63) is 78.4 Å². The van der Waals surface area contributed by atoms with Crippen LogP contribution in [0.5, 0.6) is 5.75 Å². The van der Waals surface area contributed by atoms with Gasteiger partial charge in [0.25, 0.3) is 5.91 Å². The van der Waals surface area contributed by atoms with E-state index in [0.29, 0.717) is 41.6 Å². The highest BCUT2D eigenvalue weighted by molar-refractivity contribution is 7.89. The Bertz CT molecular complexity index is 1180. The van der Waals surface area contributed by atoms with Gasteiger partial charge in [0.1, 0.15) is 5.75 Å². The van der Waals surface area contributed by atoms with Crippen LogP contribution in [0.15, 0.2) is 77.7 Å². The number of hydrogen-bond acceptors (Lipinski definition) is 4. The van der Waals surface area contributed by atoms with Crippen LogP contribution >= 0.6 is 0 Å². The van der Waals surface area contributed by atoms with Crippen LogP contribution in [0.1, 0.15) is 30.1 Å². The summed E-state index contributed by atoms with van der Waals surface area (Å²) >= 11 is 0. The quantitative estimate of drug-likeness (QED) is 0.562. The predicted molar refractivity (Wildman–Crippen MR) is 125 cm³/mol. The maximum Gasteiger partial charge on any atom is 0.255 e. The van der Waals surface area contributed by atoms with Crippen molar-refractivity contribution < 1.29 is 17.9 Å². The summed E-state index contributed by atoms with van der Waals surface area (Å²) in [5.41, 5.74) is 2.94. The lowest BCUT2D eigenvalue weighted by atomic mass is 10.0. The molecule has 1 amide bonds. The summed E-state index contributed by atoms with van der Waals surface area (Å²) in [5, 5.41) is 2.89. The Hall–Kier alpha value is -3.16. The van der Waals surface area contributed by atoms with Gasteiger partial charge < -0.3 is 10.1 Å². The second-order valence-corrected chi connectivity index (χ2v) is 9.53. The minimum Gasteiger partial charge on any atom is -0.492 e. The largest absolute Gasteiger partial charge is 0.492 e. The fraction of sp³-hybridized carbons (Fsp3) is 0.240. The van der Waals surface area contributed by atoms with Crippen molar-refractivity contribution in [1.82, 2.24) is 4.31 Å². The Morgan fingerprint density at radius 2 is 1.50 bits per heavy atom. The van der Waals surface area contributed by atoms with Crippen LogP contribution in [0.4, 0.5) is 5.69 Å². The zero-order valence-corrected chi connectivity index (χ0v) is 18.8. The third-order valence-corrected chi connectivity index (χ3v) is 7.39. The Kier molecular flexibility index (Phi) is 6.58. The molecule has 1 fully saturated rings. The van der Waals surface area contributed by atoms with E-state index in [-0.39, 0.29) is 5.91 Å². The summed E-state index contributed by atoms with van der Waals surface area (Å²) < 4.78 is 32.5. The van der Waals surface area contributed by atoms with Crippen molar-refractivity contribution in [1.29, 1.82) is 0 Å². The zero-order chi connectivity index (χ0) is 22.6. The van der Waals surface area contributed by atoms with Crippen molar-refractivity contribution in [3.63, 3.8) is 0 Å². The molecule has 1 aliphatic rings. The highest BCUT2D eigenvalue weighted by Gasteiger charge is 2.26. The highest BCUT2D eigenvalue weighted by atomic mass is 32.2. The van der Waals surface area contributed by atoms with E-state index >= 15 is 0 Å². The van der Waals surface area contributed by atoms with E-state index in [0.717, 1.165) is 24.0 Å². The normalized spacial score (nSPS) is 14.3. The summed E-state index contributed by atoms with van der Waals surface area (Å²) in [7, 11) is -3.42. The number of carbonyl (C=O) groups excluding carboxylic acids is 1. The molecule has 0 bridgehead atoms. The predicted octanol–water partition coefficient (Wildman–Crippen LogP) is 4.79. The average Bonchev–Trinajstić information content (AvgIpc) is 3.37. The molecule has 3 aromatic carbocycles. The molecule has 0 aliphatic carbocycles. The summed E-state index contributed by atoms with van der Waals surface area (Å²) in [6, 6.07) is 21.4. The van der Waals surface area contributed by atoms with Gasteiger partial charge in [-0.05, 0) is 67.3 Å². The monoisotopic (exact) mass is 450 g/mol. The minimum atomic E-state index is -3.42. The molecule has 3 aromatic rings. The number of ether oxygens (including phenoxy) is 1. The van der Waals surface area contributed by atoms with Gasteiger partial charge in [-0.15, -0.1) is 0 Å². The first-order valence-corrected chi connectivity index (χ1v) is 12.2. The van der Waals surface area contributed by atoms with Gasteiger partial charge >= 0.3 is 0 Å². The SMILES string of the molecule is CCOc1ccccc1NC(=O)c1ccc(-c2ccc(S(=O)(=O)N3CCCC3)cc2)cc1. The van der Waals surface area contributed by atoms with E-state index in [4.69, 9.17) is 4.74 Å². The average molecular weight is 451 g/mol. The zero-order valence-electron chi connectivity index (χ0n) is 18.0. The van der Waals surface area contributed by atoms with E-state index in [1.165, 1.54) is 0 Å². The number of rotatable bonds is 7. The van der Waals surface area contributed by atoms with E-state index in [2.05, 4.69) is 5.32 Å². The van der Waals surface area contributed by atoms with Crippen LogP contribution in [0, 0.1) is 0 Å². The third-order valence-electron chi connectivity index (χ3n) is 5.47. The van der Waals surface area contributed by atoms with Gasteiger partial charge in [-0.3, -0.25) is 4.79 Å². The fourth-order valence-electron chi connectivity index (χ4n) is 3.76. The van der Waals surface area contributed by atoms with E-state index in [9.17, 15) is 13.2 Å². The molecule has 0 spiro atoms. The summed E-state index contributed by atoms with van der Waals surface area (Å²) in [6.07, 6.45) is 1.82. The highest BCUT2D eigenvalue weighted by Crippen LogP contribution is 2.27. The van der Waals surface area contributed by atoms with Crippen molar-refractivity contribution >= 4 is 21.6 Å². The van der Waals surface area contributed by atoms with Crippen molar-refractivity contribution in [2.75, 3.05) is 25.0 Å². The molecule has 1 aliphatic heterocycles. The standard InChI is InChI=1S/C25H26N2O4S/c1-2-31-24-8-4-3-7-23(24)26-25(28)21-11-9-19(10-12-21)20-13-15-22(16-14-20)32(29,30)27-17-5-6-18-27/h3-4,7-16H,2,5-6,17-18H2,1H3,(H,26,28). The number of hydrogen-bond donors (Lipinski definition) is 1. The van der Waals surface area contributed by atoms with Crippen molar-refractivity contribution in [2.45, 2.75) is 24.7 Å². The maximum absolute atomic E-state index is 12.7. The molecule has 1 saturated heterocycles. The molecule has 0 unspecified atom stereocenters. The first-order valence-electron chi connectivity index (χ1n) is 10.7. The van der Waals surface area contributed by atoms with Crippen LogP contribution in [0.3, 0.4) is 0 Å². The van der Waals surface area contributed by atoms with Gasteiger partial charge in [0.05, 0.1) is 17.2 Å². The summed E-state index contributed by atoms with van der Waals surface area (Å²) in [5.74, 6) is 0.403. The van der Waals surface area contributed by atoms with Gasteiger partial charge in [-0.25, -0.2) is 8.42 Å². The van der Waals surface area contributed by atoms with Gasteiger partial charge in [-0.1, -0.05) is 36.4 Å². The maximum atomic E-state index is 12.7. The van der Waals surface area contributed by atoms with Crippen LogP contribution < -0.4 is 10.1 Å². The Morgan fingerprint density at radius 3 is 2.12 bits per heavy atom. The number of carbonyl (C=O) groups is 1. The molecule has 1 heterocycles. The number of nitrogens with zero attached hydrogens (tertiary/aromatic N) is 1. The molecule has 4 rings (SSSR count). The number of benzene rings is 3. The number of anilines is 1. The molecular formula is C25H26N2O4S. The molecule has 0 atom stereocenters. The smallest absolute Gasteiger partial charge is 0.255 e. The molecule has 0 radical (unpaired) electrons. The lowest BCUT2D eigenvalue weighted by Gasteiger charge is -2.15. The molecule has 0 saturated carbocycles.